The molecule has 5 heteroatoms. The van der Waals surface area contributed by atoms with Crippen molar-refractivity contribution in [3.05, 3.63) is 23.4 Å². The first-order chi connectivity index (χ1) is 10.8. The number of piperazine rings is 1. The molecule has 0 bridgehead atoms. The molecule has 0 saturated carbocycles. The Labute approximate surface area is 138 Å². The van der Waals surface area contributed by atoms with Crippen molar-refractivity contribution in [2.75, 3.05) is 18.0 Å². The third-order valence-corrected chi connectivity index (χ3v) is 4.51. The number of nitrogens with zero attached hydrogens (tertiary/aromatic N) is 3. The van der Waals surface area contributed by atoms with E-state index in [1.165, 1.54) is 5.56 Å². The van der Waals surface area contributed by atoms with Gasteiger partial charge in [0.2, 0.25) is 0 Å². The summed E-state index contributed by atoms with van der Waals surface area (Å²) in [5.41, 5.74) is 1.98. The van der Waals surface area contributed by atoms with Gasteiger partial charge in [-0.15, -0.1) is 0 Å². The number of carbonyl (C=O) groups excluding carboxylic acids is 1. The fourth-order valence-electron chi connectivity index (χ4n) is 3.55. The van der Waals surface area contributed by atoms with E-state index in [0.29, 0.717) is 19.1 Å². The zero-order chi connectivity index (χ0) is 16.8. The minimum atomic E-state index is -0.451. The lowest BCUT2D eigenvalue weighted by molar-refractivity contribution is 0.0191. The molecule has 0 aromatic carbocycles. The van der Waals surface area contributed by atoms with Crippen LogP contribution in [0.3, 0.4) is 0 Å². The van der Waals surface area contributed by atoms with Crippen LogP contribution in [0.2, 0.25) is 0 Å². The molecule has 126 valence electrons. The maximum absolute atomic E-state index is 12.4. The van der Waals surface area contributed by atoms with Crippen molar-refractivity contribution in [2.24, 2.45) is 0 Å². The minimum Gasteiger partial charge on any atom is -0.444 e. The largest absolute Gasteiger partial charge is 0.444 e. The monoisotopic (exact) mass is 317 g/mol. The van der Waals surface area contributed by atoms with Crippen LogP contribution in [0.25, 0.3) is 0 Å². The summed E-state index contributed by atoms with van der Waals surface area (Å²) < 4.78 is 5.54. The lowest BCUT2D eigenvalue weighted by atomic mass is 10.1. The van der Waals surface area contributed by atoms with E-state index in [9.17, 15) is 4.79 Å². The average Bonchev–Trinajstić information content (AvgIpc) is 2.83. The highest BCUT2D eigenvalue weighted by Gasteiger charge is 2.41. The minimum absolute atomic E-state index is 0.206. The van der Waals surface area contributed by atoms with Gasteiger partial charge in [0.1, 0.15) is 11.4 Å². The van der Waals surface area contributed by atoms with Gasteiger partial charge in [-0.25, -0.2) is 9.78 Å². The average molecular weight is 317 g/mol. The first-order valence-electron chi connectivity index (χ1n) is 8.53. The number of fused-ring (bicyclic) bond motifs is 3. The Balaban J connectivity index is 1.78. The maximum atomic E-state index is 12.4. The van der Waals surface area contributed by atoms with E-state index < -0.39 is 5.60 Å². The predicted molar refractivity (Wildman–Crippen MR) is 90.9 cm³/mol. The molecule has 1 fully saturated rings. The van der Waals surface area contributed by atoms with Crippen LogP contribution in [0, 0.1) is 0 Å². The van der Waals surface area contributed by atoms with E-state index in [2.05, 4.69) is 30.9 Å². The van der Waals surface area contributed by atoms with Crippen LogP contribution in [0.15, 0.2) is 12.1 Å². The number of carbonyl (C=O) groups is 1. The molecule has 2 aliphatic heterocycles. The zero-order valence-electron chi connectivity index (χ0n) is 14.8. The number of pyridine rings is 1. The second-order valence-corrected chi connectivity index (χ2v) is 7.64. The second-order valence-electron chi connectivity index (χ2n) is 7.64. The Morgan fingerprint density at radius 1 is 1.35 bits per heavy atom. The van der Waals surface area contributed by atoms with Crippen LogP contribution >= 0.6 is 0 Å². The summed E-state index contributed by atoms with van der Waals surface area (Å²) in [5, 5.41) is 0. The Morgan fingerprint density at radius 2 is 2.09 bits per heavy atom. The Bertz CT molecular complexity index is 609. The number of aryl methyl sites for hydroxylation is 1. The topological polar surface area (TPSA) is 45.7 Å². The molecule has 23 heavy (non-hydrogen) atoms. The van der Waals surface area contributed by atoms with Crippen LogP contribution < -0.4 is 4.90 Å². The number of aromatic nitrogens is 1. The summed E-state index contributed by atoms with van der Waals surface area (Å²) in [5.74, 6) is 1.12. The fourth-order valence-corrected chi connectivity index (χ4v) is 3.55. The normalized spacial score (nSPS) is 23.5. The summed E-state index contributed by atoms with van der Waals surface area (Å²) in [6.45, 7) is 11.4. The van der Waals surface area contributed by atoms with Crippen LogP contribution in [-0.4, -0.2) is 46.8 Å². The van der Waals surface area contributed by atoms with Crippen molar-refractivity contribution >= 4 is 11.9 Å². The Morgan fingerprint density at radius 3 is 2.74 bits per heavy atom. The van der Waals surface area contributed by atoms with Gasteiger partial charge in [-0.1, -0.05) is 13.0 Å². The van der Waals surface area contributed by atoms with Gasteiger partial charge in [0.25, 0.3) is 0 Å². The number of hydrogen-bond donors (Lipinski definition) is 0. The molecule has 0 spiro atoms. The van der Waals surface area contributed by atoms with E-state index in [1.807, 2.05) is 25.7 Å². The van der Waals surface area contributed by atoms with Crippen molar-refractivity contribution in [3.63, 3.8) is 0 Å². The number of hydrogen-bond acceptors (Lipinski definition) is 4. The molecule has 0 radical (unpaired) electrons. The third kappa shape index (κ3) is 3.14. The Kier molecular flexibility index (Phi) is 3.98. The fraction of sp³-hybridized carbons (Fsp3) is 0.667. The van der Waals surface area contributed by atoms with Gasteiger partial charge >= 0.3 is 6.09 Å². The van der Waals surface area contributed by atoms with E-state index >= 15 is 0 Å². The van der Waals surface area contributed by atoms with E-state index in [0.717, 1.165) is 24.4 Å². The summed E-state index contributed by atoms with van der Waals surface area (Å²) >= 11 is 0. The van der Waals surface area contributed by atoms with Crippen LogP contribution in [0.5, 0.6) is 0 Å². The summed E-state index contributed by atoms with van der Waals surface area (Å²) in [7, 11) is 0. The van der Waals surface area contributed by atoms with E-state index in [1.54, 1.807) is 0 Å². The van der Waals surface area contributed by atoms with E-state index in [-0.39, 0.29) is 12.1 Å². The summed E-state index contributed by atoms with van der Waals surface area (Å²) in [6.07, 6.45) is 1.70. The van der Waals surface area contributed by atoms with Crippen molar-refractivity contribution in [1.29, 1.82) is 0 Å². The van der Waals surface area contributed by atoms with Crippen molar-refractivity contribution < 1.29 is 9.53 Å². The number of anilines is 1. The first-order valence-corrected chi connectivity index (χ1v) is 8.53. The lowest BCUT2D eigenvalue weighted by Gasteiger charge is -2.43. The predicted octanol–water partition coefficient (Wildman–Crippen LogP) is 3.01. The molecule has 2 atom stereocenters. The number of amides is 1. The first kappa shape index (κ1) is 16.1. The number of ether oxygens (including phenoxy) is 1. The molecule has 1 aromatic rings. The smallest absolute Gasteiger partial charge is 0.410 e. The second kappa shape index (κ2) is 5.69. The van der Waals surface area contributed by atoms with Gasteiger partial charge in [0.05, 0.1) is 6.04 Å². The van der Waals surface area contributed by atoms with Gasteiger partial charge in [-0.2, -0.15) is 0 Å². The van der Waals surface area contributed by atoms with Crippen LogP contribution in [-0.2, 0) is 17.6 Å². The molecular formula is C18H27N3O2. The molecule has 5 nitrogen and oxygen atoms in total. The lowest BCUT2D eigenvalue weighted by Crippen LogP contribution is -2.58. The molecule has 2 aliphatic rings. The third-order valence-electron chi connectivity index (χ3n) is 4.51. The molecule has 3 heterocycles. The quantitative estimate of drug-likeness (QED) is 0.799. The molecule has 0 unspecified atom stereocenters. The highest BCUT2D eigenvalue weighted by atomic mass is 16.6. The highest BCUT2D eigenvalue weighted by Crippen LogP contribution is 2.35. The van der Waals surface area contributed by atoms with Gasteiger partial charge in [0.15, 0.2) is 0 Å². The molecule has 1 saturated heterocycles. The van der Waals surface area contributed by atoms with Crippen molar-refractivity contribution in [1.82, 2.24) is 9.88 Å². The van der Waals surface area contributed by atoms with Gasteiger partial charge in [0, 0.05) is 24.8 Å². The summed E-state index contributed by atoms with van der Waals surface area (Å²) in [6, 6.07) is 4.88. The van der Waals surface area contributed by atoms with Gasteiger partial charge in [-0.3, -0.25) is 0 Å². The van der Waals surface area contributed by atoms with Crippen LogP contribution in [0.4, 0.5) is 10.6 Å². The molecule has 0 aliphatic carbocycles. The van der Waals surface area contributed by atoms with E-state index in [4.69, 9.17) is 9.72 Å². The zero-order valence-corrected chi connectivity index (χ0v) is 14.8. The molecule has 1 aromatic heterocycles. The van der Waals surface area contributed by atoms with Crippen LogP contribution in [0.1, 0.15) is 45.9 Å². The number of rotatable bonds is 1. The molecular weight excluding hydrogens is 290 g/mol. The standard InChI is InChI=1S/C18H27N3O2/c1-6-14-8-7-13-9-15-11-20(17(22)23-18(3,4)5)10-12(2)21(15)16(13)19-14/h7-8,12,15H,6,9-11H2,1-5H3/t12-,15-/m1/s1. The Hall–Kier alpha value is -1.78. The SMILES string of the molecule is CCc1ccc2c(n1)N1[C@H](C2)CN(C(=O)OC(C)(C)C)C[C@H]1C. The van der Waals surface area contributed by atoms with Crippen molar-refractivity contribution in [3.8, 4) is 0 Å². The molecule has 0 N–H and O–H groups in total. The molecule has 3 rings (SSSR count). The highest BCUT2D eigenvalue weighted by molar-refractivity contribution is 5.69. The summed E-state index contributed by atoms with van der Waals surface area (Å²) in [4.78, 5) is 21.5. The molecule has 1 amide bonds. The maximum Gasteiger partial charge on any atom is 0.410 e. The van der Waals surface area contributed by atoms with Gasteiger partial charge < -0.3 is 14.5 Å². The van der Waals surface area contributed by atoms with Crippen molar-refractivity contribution in [2.45, 2.75) is 65.1 Å². The van der Waals surface area contributed by atoms with Gasteiger partial charge in [-0.05, 0) is 52.2 Å².